The molecule has 3 aromatic heterocycles. The van der Waals surface area contributed by atoms with Gasteiger partial charge in [0, 0.05) is 17.9 Å². The van der Waals surface area contributed by atoms with Crippen LogP contribution in [0.1, 0.15) is 75.0 Å². The highest BCUT2D eigenvalue weighted by molar-refractivity contribution is 5.94. The number of pyridine rings is 3. The van der Waals surface area contributed by atoms with Crippen LogP contribution < -0.4 is 15.8 Å². The molecule has 1 fully saturated rings. The Morgan fingerprint density at radius 1 is 1.21 bits per heavy atom. The monoisotopic (exact) mass is 447 g/mol. The van der Waals surface area contributed by atoms with E-state index in [-0.39, 0.29) is 12.1 Å². The van der Waals surface area contributed by atoms with Gasteiger partial charge in [0.15, 0.2) is 5.60 Å². The second-order valence-corrected chi connectivity index (χ2v) is 9.37. The van der Waals surface area contributed by atoms with Crippen molar-refractivity contribution < 1.29 is 14.3 Å². The quantitative estimate of drug-likeness (QED) is 0.502. The molecule has 4 heterocycles. The topological polar surface area (TPSA) is 112 Å². The molecule has 0 aromatic carbocycles. The van der Waals surface area contributed by atoms with Gasteiger partial charge in [-0.25, -0.2) is 19.7 Å². The average Bonchev–Trinajstić information content (AvgIpc) is 3.58. The van der Waals surface area contributed by atoms with Crippen molar-refractivity contribution in [2.75, 3.05) is 5.32 Å². The van der Waals surface area contributed by atoms with Crippen LogP contribution in [-0.4, -0.2) is 27.0 Å². The van der Waals surface area contributed by atoms with E-state index in [1.165, 1.54) is 0 Å². The fourth-order valence-corrected chi connectivity index (χ4v) is 4.04. The highest BCUT2D eigenvalue weighted by Crippen LogP contribution is 2.39. The Morgan fingerprint density at radius 3 is 2.70 bits per heavy atom. The number of carbonyl (C=O) groups is 1. The van der Waals surface area contributed by atoms with E-state index in [1.807, 2.05) is 33.0 Å². The highest BCUT2D eigenvalue weighted by Gasteiger charge is 2.42. The number of hydrogen-bond acceptors (Lipinski definition) is 8. The van der Waals surface area contributed by atoms with Crippen molar-refractivity contribution in [1.82, 2.24) is 15.0 Å². The molecule has 1 saturated carbocycles. The first-order valence-electron chi connectivity index (χ1n) is 11.5. The SMILES string of the molecule is CC[C@@](C)(N)c1cnc(OC2CC2)c2cnc(Nc3ccc4c(n3)[C@](C)(CC)OC4=O)cc12. The molecule has 1 aliphatic carbocycles. The predicted molar refractivity (Wildman–Crippen MR) is 126 cm³/mol. The first-order valence-corrected chi connectivity index (χ1v) is 11.5. The Balaban J connectivity index is 1.55. The van der Waals surface area contributed by atoms with Gasteiger partial charge in [-0.2, -0.15) is 0 Å². The molecule has 3 aromatic rings. The van der Waals surface area contributed by atoms with E-state index in [4.69, 9.17) is 20.2 Å². The van der Waals surface area contributed by atoms with Gasteiger partial charge in [-0.3, -0.25) is 0 Å². The summed E-state index contributed by atoms with van der Waals surface area (Å²) in [6.45, 7) is 7.92. The maximum atomic E-state index is 12.2. The molecule has 1 aliphatic heterocycles. The molecule has 0 unspecified atom stereocenters. The Morgan fingerprint density at radius 2 is 2.00 bits per heavy atom. The number of esters is 1. The predicted octanol–water partition coefficient (Wildman–Crippen LogP) is 4.69. The van der Waals surface area contributed by atoms with Crippen molar-refractivity contribution in [2.24, 2.45) is 5.73 Å². The third-order valence-corrected chi connectivity index (χ3v) is 6.75. The Hall–Kier alpha value is -3.26. The van der Waals surface area contributed by atoms with Crippen LogP contribution in [0, 0.1) is 0 Å². The lowest BCUT2D eigenvalue weighted by atomic mass is 9.88. The molecular weight excluding hydrogens is 418 g/mol. The van der Waals surface area contributed by atoms with E-state index >= 15 is 0 Å². The first-order chi connectivity index (χ1) is 15.7. The lowest BCUT2D eigenvalue weighted by molar-refractivity contribution is -0.00220. The second-order valence-electron chi connectivity index (χ2n) is 9.37. The van der Waals surface area contributed by atoms with Gasteiger partial charge in [0.2, 0.25) is 5.88 Å². The number of cyclic esters (lactones) is 1. The number of nitrogens with zero attached hydrogens (tertiary/aromatic N) is 3. The largest absolute Gasteiger partial charge is 0.474 e. The number of carbonyl (C=O) groups excluding carboxylic acids is 1. The van der Waals surface area contributed by atoms with Crippen LogP contribution in [0.3, 0.4) is 0 Å². The molecule has 8 heteroatoms. The molecule has 2 aliphatic rings. The minimum Gasteiger partial charge on any atom is -0.474 e. The van der Waals surface area contributed by atoms with E-state index in [9.17, 15) is 4.79 Å². The minimum absolute atomic E-state index is 0.230. The molecule has 8 nitrogen and oxygen atoms in total. The molecule has 0 saturated heterocycles. The third-order valence-electron chi connectivity index (χ3n) is 6.75. The molecule has 0 radical (unpaired) electrons. The maximum absolute atomic E-state index is 12.2. The highest BCUT2D eigenvalue weighted by atomic mass is 16.6. The van der Waals surface area contributed by atoms with Gasteiger partial charge >= 0.3 is 5.97 Å². The summed E-state index contributed by atoms with van der Waals surface area (Å²) in [6.07, 6.45) is 7.32. The first kappa shape index (κ1) is 21.6. The van der Waals surface area contributed by atoms with Crippen LogP contribution in [0.15, 0.2) is 30.6 Å². The van der Waals surface area contributed by atoms with Gasteiger partial charge in [0.25, 0.3) is 0 Å². The van der Waals surface area contributed by atoms with E-state index < -0.39 is 11.1 Å². The molecule has 0 bridgehead atoms. The molecule has 0 amide bonds. The summed E-state index contributed by atoms with van der Waals surface area (Å²) in [4.78, 5) is 26.1. The molecule has 5 rings (SSSR count). The van der Waals surface area contributed by atoms with E-state index in [0.29, 0.717) is 35.2 Å². The molecule has 0 spiro atoms. The van der Waals surface area contributed by atoms with E-state index in [2.05, 4.69) is 22.2 Å². The summed E-state index contributed by atoms with van der Waals surface area (Å²) >= 11 is 0. The van der Waals surface area contributed by atoms with Gasteiger partial charge < -0.3 is 20.5 Å². The Kier molecular flexibility index (Phi) is 5.01. The normalized spacial score (nSPS) is 21.4. The maximum Gasteiger partial charge on any atom is 0.341 e. The fourth-order valence-electron chi connectivity index (χ4n) is 4.04. The van der Waals surface area contributed by atoms with Gasteiger partial charge in [0.1, 0.15) is 23.4 Å². The molecular formula is C25H29N5O3. The van der Waals surface area contributed by atoms with Crippen molar-refractivity contribution in [3.05, 3.63) is 47.4 Å². The van der Waals surface area contributed by atoms with E-state index in [1.54, 1.807) is 18.3 Å². The summed E-state index contributed by atoms with van der Waals surface area (Å²) in [5.74, 6) is 1.47. The van der Waals surface area contributed by atoms with Gasteiger partial charge in [0.05, 0.1) is 10.9 Å². The zero-order valence-corrected chi connectivity index (χ0v) is 19.4. The number of nitrogens with one attached hydrogen (secondary N) is 1. The summed E-state index contributed by atoms with van der Waals surface area (Å²) in [5.41, 5.74) is 7.43. The van der Waals surface area contributed by atoms with Crippen molar-refractivity contribution in [2.45, 2.75) is 70.6 Å². The number of ether oxygens (including phenoxy) is 2. The number of rotatable bonds is 7. The van der Waals surface area contributed by atoms with Crippen molar-refractivity contribution >= 4 is 28.4 Å². The van der Waals surface area contributed by atoms with Gasteiger partial charge in [-0.1, -0.05) is 13.8 Å². The summed E-state index contributed by atoms with van der Waals surface area (Å²) in [5, 5.41) is 5.07. The van der Waals surface area contributed by atoms with Gasteiger partial charge in [-0.05, 0) is 68.7 Å². The van der Waals surface area contributed by atoms with Crippen LogP contribution in [0.5, 0.6) is 5.88 Å². The molecule has 2 atom stereocenters. The second kappa shape index (κ2) is 7.66. The van der Waals surface area contributed by atoms with Crippen LogP contribution in [0.4, 0.5) is 11.6 Å². The van der Waals surface area contributed by atoms with Crippen LogP contribution in [0.2, 0.25) is 0 Å². The zero-order chi connectivity index (χ0) is 23.4. The van der Waals surface area contributed by atoms with Crippen molar-refractivity contribution in [3.8, 4) is 5.88 Å². The van der Waals surface area contributed by atoms with Gasteiger partial charge in [-0.15, -0.1) is 0 Å². The Labute approximate surface area is 192 Å². The molecule has 33 heavy (non-hydrogen) atoms. The fraction of sp³-hybridized carbons (Fsp3) is 0.440. The van der Waals surface area contributed by atoms with Crippen LogP contribution in [-0.2, 0) is 15.9 Å². The Bertz CT molecular complexity index is 1250. The standard InChI is InChI=1S/C25H29N5O3/c1-5-24(3,26)18-13-28-22(32-14-7-8-14)17-12-27-20(11-16(17)18)29-19-10-9-15-21(30-19)25(4,6-2)33-23(15)31/h9-14H,5-8,26H2,1-4H3,(H,27,29,30)/t24-,25+/m1/s1. The summed E-state index contributed by atoms with van der Waals surface area (Å²) in [6, 6.07) is 5.48. The minimum atomic E-state index is -0.725. The van der Waals surface area contributed by atoms with Crippen LogP contribution in [0.25, 0.3) is 10.8 Å². The summed E-state index contributed by atoms with van der Waals surface area (Å²) < 4.78 is 11.6. The summed E-state index contributed by atoms with van der Waals surface area (Å²) in [7, 11) is 0. The molecule has 3 N–H and O–H groups in total. The number of anilines is 2. The van der Waals surface area contributed by atoms with Crippen LogP contribution >= 0.6 is 0 Å². The van der Waals surface area contributed by atoms with E-state index in [0.717, 1.165) is 35.6 Å². The van der Waals surface area contributed by atoms with Crippen molar-refractivity contribution in [3.63, 3.8) is 0 Å². The number of aromatic nitrogens is 3. The third kappa shape index (κ3) is 3.78. The number of nitrogens with two attached hydrogens (primary N) is 1. The average molecular weight is 448 g/mol. The smallest absolute Gasteiger partial charge is 0.341 e. The van der Waals surface area contributed by atoms with Crippen molar-refractivity contribution in [1.29, 1.82) is 0 Å². The molecule has 172 valence electrons. The lowest BCUT2D eigenvalue weighted by Crippen LogP contribution is -2.32. The number of hydrogen-bond donors (Lipinski definition) is 2. The lowest BCUT2D eigenvalue weighted by Gasteiger charge is -2.25. The zero-order valence-electron chi connectivity index (χ0n) is 19.4. The number of fused-ring (bicyclic) bond motifs is 2.